The predicted molar refractivity (Wildman–Crippen MR) is 40.6 cm³/mol. The molecule has 0 bridgehead atoms. The third-order valence-corrected chi connectivity index (χ3v) is 1.39. The van der Waals surface area contributed by atoms with Crippen molar-refractivity contribution < 1.29 is 30.2 Å². The number of rotatable bonds is 3. The summed E-state index contributed by atoms with van der Waals surface area (Å²) in [5.74, 6) is 0.0434. The Labute approximate surface area is 82.1 Å². The molecule has 60 valence electrons. The summed E-state index contributed by atoms with van der Waals surface area (Å²) >= 11 is 12.1. The number of aliphatic hydroxyl groups excluding tert-OH is 2. The van der Waals surface area contributed by atoms with Gasteiger partial charge in [-0.05, 0) is 0 Å². The number of halogens is 2. The van der Waals surface area contributed by atoms with Crippen molar-refractivity contribution in [2.45, 2.75) is 12.2 Å². The molecule has 5 heteroatoms. The van der Waals surface area contributed by atoms with Gasteiger partial charge in [0.2, 0.25) is 0 Å². The fourth-order valence-corrected chi connectivity index (χ4v) is 0.617. The maximum atomic E-state index is 8.66. The quantitative estimate of drug-likeness (QED) is 0.526. The van der Waals surface area contributed by atoms with Gasteiger partial charge in [-0.3, -0.25) is 0 Å². The van der Waals surface area contributed by atoms with E-state index in [0.717, 1.165) is 0 Å². The Hall–Kier alpha value is 1.08. The Morgan fingerprint density at radius 3 is 1.40 bits per heavy atom. The molecule has 0 fully saturated rings. The minimum absolute atomic E-state index is 0.0217. The molecule has 0 aromatic carbocycles. The van der Waals surface area contributed by atoms with Crippen LogP contribution in [0, 0.1) is 0 Å². The molecule has 0 saturated heterocycles. The van der Waals surface area contributed by atoms with Gasteiger partial charge in [-0.2, -0.15) is 0 Å². The fraction of sp³-hybridized carbons (Fsp3) is 0.800. The summed E-state index contributed by atoms with van der Waals surface area (Å²) in [4.78, 5) is 3.25. The summed E-state index contributed by atoms with van der Waals surface area (Å²) in [6, 6.07) is 0. The molecule has 0 saturated carbocycles. The summed E-state index contributed by atoms with van der Waals surface area (Å²) in [5, 5.41) is 17.3. The van der Waals surface area contributed by atoms with Crippen LogP contribution >= 0.6 is 23.2 Å². The van der Waals surface area contributed by atoms with Crippen molar-refractivity contribution in [2.75, 3.05) is 11.8 Å². The van der Waals surface area contributed by atoms with Gasteiger partial charge in [0, 0.05) is 0 Å². The average molecular weight is 221 g/mol. The molecule has 0 aromatic heterocycles. The maximum absolute atomic E-state index is 8.66. The number of hydrogen-bond donors (Lipinski definition) is 2. The molecule has 0 aliphatic heterocycles. The average Bonchev–Trinajstić information content (AvgIpc) is 2.05. The first-order valence-corrected chi connectivity index (χ1v) is 4.73. The van der Waals surface area contributed by atoms with Gasteiger partial charge in [0.05, 0.1) is 24.0 Å². The van der Waals surface area contributed by atoms with Gasteiger partial charge in [0.15, 0.2) is 0 Å². The predicted octanol–water partition coefficient (Wildman–Crippen LogP) is 0.151. The van der Waals surface area contributed by atoms with Crippen LogP contribution in [0.15, 0.2) is 0 Å². The summed E-state index contributed by atoms with van der Waals surface area (Å²) in [6.07, 6.45) is -1.79. The van der Waals surface area contributed by atoms with Gasteiger partial charge >= 0.3 is 24.8 Å². The Balaban J connectivity index is 0. The Kier molecular flexibility index (Phi) is 13.8. The summed E-state index contributed by atoms with van der Waals surface area (Å²) in [6.45, 7) is 0. The molecule has 0 unspecified atom stereocenters. The molecule has 0 heterocycles. The van der Waals surface area contributed by atoms with Gasteiger partial charge in [-0.15, -0.1) is 23.2 Å². The van der Waals surface area contributed by atoms with E-state index in [0.29, 0.717) is 0 Å². The van der Waals surface area contributed by atoms with Crippen LogP contribution in [-0.4, -0.2) is 39.0 Å². The molecule has 10 heavy (non-hydrogen) atoms. The summed E-state index contributed by atoms with van der Waals surface area (Å²) < 4.78 is 0. The van der Waals surface area contributed by atoms with Crippen molar-refractivity contribution >= 4 is 28.0 Å². The topological polar surface area (TPSA) is 40.5 Å². The van der Waals surface area contributed by atoms with Crippen LogP contribution in [0.4, 0.5) is 0 Å². The first kappa shape index (κ1) is 13.7. The first-order valence-electron chi connectivity index (χ1n) is 2.55. The van der Waals surface area contributed by atoms with E-state index >= 15 is 0 Å². The van der Waals surface area contributed by atoms with E-state index < -0.39 is 12.2 Å². The first-order chi connectivity index (χ1) is 4.72. The van der Waals surface area contributed by atoms with E-state index in [1.165, 1.54) is 0 Å². The zero-order chi connectivity index (χ0) is 8.57. The van der Waals surface area contributed by atoms with E-state index in [4.69, 9.17) is 33.4 Å². The molecule has 2 N–H and O–H groups in total. The van der Waals surface area contributed by atoms with Crippen molar-refractivity contribution in [3.05, 3.63) is 0 Å². The second kappa shape index (κ2) is 10.1. The van der Waals surface area contributed by atoms with Gasteiger partial charge in [0.1, 0.15) is 0 Å². The van der Waals surface area contributed by atoms with Crippen LogP contribution in [0.5, 0.6) is 0 Å². The van der Waals surface area contributed by atoms with E-state index in [1.54, 1.807) is 20.0 Å². The number of alkyl halides is 2. The molecule has 0 aliphatic rings. The molecular weight excluding hydrogens is 211 g/mol. The molecule has 0 amide bonds. The van der Waals surface area contributed by atoms with E-state index in [2.05, 4.69) is 4.82 Å². The third-order valence-electron chi connectivity index (χ3n) is 0.760. The SMILES string of the molecule is O[C@@H](CCl)[C@@H](O)CCl.[CH2]=[Ti]. The molecule has 0 aromatic rings. The van der Waals surface area contributed by atoms with E-state index in [1.807, 2.05) is 0 Å². The Morgan fingerprint density at radius 1 is 1.10 bits per heavy atom. The molecule has 0 radical (unpaired) electrons. The summed E-state index contributed by atoms with van der Waals surface area (Å²) in [7, 11) is 0. The van der Waals surface area contributed by atoms with Crippen LogP contribution in [0.25, 0.3) is 0 Å². The monoisotopic (exact) mass is 220 g/mol. The number of aliphatic hydroxyl groups is 2. The summed E-state index contributed by atoms with van der Waals surface area (Å²) in [5.41, 5.74) is 0. The minimum atomic E-state index is -0.894. The normalized spacial score (nSPS) is 14.7. The van der Waals surface area contributed by atoms with E-state index in [9.17, 15) is 0 Å². The van der Waals surface area contributed by atoms with Crippen molar-refractivity contribution in [3.63, 3.8) is 0 Å². The molecule has 0 aliphatic carbocycles. The Bertz CT molecular complexity index is 66.7. The van der Waals surface area contributed by atoms with Crippen LogP contribution in [0.3, 0.4) is 0 Å². The Morgan fingerprint density at radius 2 is 1.30 bits per heavy atom. The molecule has 0 spiro atoms. The fourth-order valence-electron chi connectivity index (χ4n) is 0.206. The van der Waals surface area contributed by atoms with Crippen molar-refractivity contribution in [1.29, 1.82) is 0 Å². The number of hydrogen-bond acceptors (Lipinski definition) is 2. The second-order valence-electron chi connectivity index (χ2n) is 1.44. The third kappa shape index (κ3) is 7.19. The van der Waals surface area contributed by atoms with Crippen LogP contribution in [-0.2, 0) is 20.0 Å². The van der Waals surface area contributed by atoms with Crippen molar-refractivity contribution in [3.8, 4) is 0 Å². The molecule has 2 atom stereocenters. The van der Waals surface area contributed by atoms with Crippen LogP contribution < -0.4 is 0 Å². The van der Waals surface area contributed by atoms with Crippen LogP contribution in [0.1, 0.15) is 0 Å². The van der Waals surface area contributed by atoms with Gasteiger partial charge in [-0.1, -0.05) is 0 Å². The van der Waals surface area contributed by atoms with Crippen molar-refractivity contribution in [2.24, 2.45) is 0 Å². The zero-order valence-electron chi connectivity index (χ0n) is 5.43. The van der Waals surface area contributed by atoms with E-state index in [-0.39, 0.29) is 11.8 Å². The molecule has 2 nitrogen and oxygen atoms in total. The van der Waals surface area contributed by atoms with Crippen LogP contribution in [0.2, 0.25) is 0 Å². The zero-order valence-corrected chi connectivity index (χ0v) is 8.50. The van der Waals surface area contributed by atoms with Gasteiger partial charge in [0.25, 0.3) is 0 Å². The van der Waals surface area contributed by atoms with Gasteiger partial charge < -0.3 is 10.2 Å². The van der Waals surface area contributed by atoms with Crippen molar-refractivity contribution in [1.82, 2.24) is 0 Å². The van der Waals surface area contributed by atoms with Gasteiger partial charge in [-0.25, -0.2) is 0 Å². The standard InChI is InChI=1S/C4H8Cl2O2.CH2.Ti/c5-1-3(7)4(8)2-6;;/h3-4,7-8H,1-2H2;1H2;/t3-,4-;;/m0../s1. The molecule has 0 rings (SSSR count). The molecular formula is C5H10Cl2O2Ti. The second-order valence-corrected chi connectivity index (χ2v) is 2.06.